The highest BCUT2D eigenvalue weighted by Crippen LogP contribution is 2.29. The molecule has 0 aromatic heterocycles. The fourth-order valence-electron chi connectivity index (χ4n) is 2.09. The van der Waals surface area contributed by atoms with Crippen molar-refractivity contribution in [1.29, 1.82) is 0 Å². The normalized spacial score (nSPS) is 11.4. The van der Waals surface area contributed by atoms with Crippen LogP contribution in [-0.4, -0.2) is 22.6 Å². The van der Waals surface area contributed by atoms with Crippen LogP contribution in [0.25, 0.3) is 0 Å². The molecule has 2 N–H and O–H groups in total. The summed E-state index contributed by atoms with van der Waals surface area (Å²) in [7, 11) is 0. The second-order valence-corrected chi connectivity index (χ2v) is 5.74. The van der Waals surface area contributed by atoms with Crippen molar-refractivity contribution in [2.45, 2.75) is 0 Å². The van der Waals surface area contributed by atoms with Crippen molar-refractivity contribution in [3.8, 4) is 11.5 Å². The lowest BCUT2D eigenvalue weighted by atomic mass is 10.2. The second kappa shape index (κ2) is 7.64. The zero-order valence-electron chi connectivity index (χ0n) is 13.2. The highest BCUT2D eigenvalue weighted by molar-refractivity contribution is 6.33. The van der Waals surface area contributed by atoms with Gasteiger partial charge in [0.15, 0.2) is 0 Å². The average Bonchev–Trinajstić information content (AvgIpc) is 2.62. The lowest BCUT2D eigenvalue weighted by Gasteiger charge is -2.00. The van der Waals surface area contributed by atoms with Gasteiger partial charge in [-0.15, -0.1) is 0 Å². The SMILES string of the molecule is Oc1ccc(C=Nc2ccc(N=Cc3ccc(O)cc3)c(Cl)c2)cc1. The molecule has 0 aliphatic rings. The summed E-state index contributed by atoms with van der Waals surface area (Å²) in [5, 5.41) is 19.0. The van der Waals surface area contributed by atoms with Gasteiger partial charge in [-0.1, -0.05) is 11.6 Å². The number of aliphatic imine (C=N–C) groups is 2. The molecule has 0 saturated heterocycles. The van der Waals surface area contributed by atoms with E-state index in [1.54, 1.807) is 73.1 Å². The van der Waals surface area contributed by atoms with Gasteiger partial charge in [-0.05, 0) is 77.9 Å². The summed E-state index contributed by atoms with van der Waals surface area (Å²) in [5.74, 6) is 0.432. The monoisotopic (exact) mass is 350 g/mol. The molecule has 0 bridgehead atoms. The number of phenolic OH excluding ortho intramolecular Hbond substituents is 2. The third kappa shape index (κ3) is 4.68. The molecule has 0 radical (unpaired) electrons. The Kier molecular flexibility index (Phi) is 5.11. The Hall–Kier alpha value is -3.11. The summed E-state index contributed by atoms with van der Waals surface area (Å²) < 4.78 is 0. The minimum absolute atomic E-state index is 0.214. The Morgan fingerprint density at radius 3 is 1.72 bits per heavy atom. The van der Waals surface area contributed by atoms with Crippen LogP contribution >= 0.6 is 11.6 Å². The number of rotatable bonds is 4. The molecule has 0 fully saturated rings. The quantitative estimate of drug-likeness (QED) is 0.631. The number of halogens is 1. The van der Waals surface area contributed by atoms with Crippen LogP contribution in [0.3, 0.4) is 0 Å². The Bertz CT molecular complexity index is 917. The molecule has 0 heterocycles. The van der Waals surface area contributed by atoms with Crippen LogP contribution in [0.4, 0.5) is 11.4 Å². The Labute approximate surface area is 150 Å². The van der Waals surface area contributed by atoms with Crippen LogP contribution in [0.5, 0.6) is 11.5 Å². The molecule has 0 unspecified atom stereocenters. The van der Waals surface area contributed by atoms with Crippen LogP contribution in [0.15, 0.2) is 76.7 Å². The van der Waals surface area contributed by atoms with E-state index in [2.05, 4.69) is 9.98 Å². The van der Waals surface area contributed by atoms with E-state index in [-0.39, 0.29) is 11.5 Å². The van der Waals surface area contributed by atoms with Crippen molar-refractivity contribution in [2.24, 2.45) is 9.98 Å². The maximum Gasteiger partial charge on any atom is 0.115 e. The van der Waals surface area contributed by atoms with Crippen LogP contribution in [0.2, 0.25) is 5.02 Å². The molecule has 0 saturated carbocycles. The molecule has 0 spiro atoms. The van der Waals surface area contributed by atoms with E-state index >= 15 is 0 Å². The van der Waals surface area contributed by atoms with E-state index in [4.69, 9.17) is 11.6 Å². The first-order valence-electron chi connectivity index (χ1n) is 7.56. The second-order valence-electron chi connectivity index (χ2n) is 5.34. The van der Waals surface area contributed by atoms with Gasteiger partial charge in [-0.25, -0.2) is 0 Å². The first-order valence-corrected chi connectivity index (χ1v) is 7.94. The minimum atomic E-state index is 0.214. The minimum Gasteiger partial charge on any atom is -0.508 e. The predicted molar refractivity (Wildman–Crippen MR) is 102 cm³/mol. The van der Waals surface area contributed by atoms with Gasteiger partial charge in [-0.3, -0.25) is 9.98 Å². The molecule has 124 valence electrons. The number of nitrogens with zero attached hydrogens (tertiary/aromatic N) is 2. The topological polar surface area (TPSA) is 65.2 Å². The molecular weight excluding hydrogens is 336 g/mol. The number of benzene rings is 3. The third-order valence-corrected chi connectivity index (χ3v) is 3.74. The Morgan fingerprint density at radius 2 is 1.20 bits per heavy atom. The number of aromatic hydroxyl groups is 2. The number of hydrogen-bond acceptors (Lipinski definition) is 4. The van der Waals surface area contributed by atoms with Gasteiger partial charge in [0.2, 0.25) is 0 Å². The van der Waals surface area contributed by atoms with Crippen LogP contribution < -0.4 is 0 Å². The largest absolute Gasteiger partial charge is 0.508 e. The molecule has 0 amide bonds. The van der Waals surface area contributed by atoms with E-state index in [1.807, 2.05) is 6.07 Å². The average molecular weight is 351 g/mol. The zero-order chi connectivity index (χ0) is 17.6. The van der Waals surface area contributed by atoms with E-state index in [9.17, 15) is 10.2 Å². The van der Waals surface area contributed by atoms with Crippen molar-refractivity contribution in [3.05, 3.63) is 82.9 Å². The fourth-order valence-corrected chi connectivity index (χ4v) is 2.32. The first-order chi connectivity index (χ1) is 12.1. The maximum atomic E-state index is 9.27. The van der Waals surface area contributed by atoms with Gasteiger partial charge in [0.25, 0.3) is 0 Å². The van der Waals surface area contributed by atoms with Gasteiger partial charge in [0.1, 0.15) is 11.5 Å². The Morgan fingerprint density at radius 1 is 0.680 bits per heavy atom. The molecule has 3 rings (SSSR count). The summed E-state index contributed by atoms with van der Waals surface area (Å²) in [5.41, 5.74) is 3.09. The summed E-state index contributed by atoms with van der Waals surface area (Å²) in [6.45, 7) is 0. The summed E-state index contributed by atoms with van der Waals surface area (Å²) >= 11 is 6.26. The lowest BCUT2D eigenvalue weighted by Crippen LogP contribution is -1.80. The zero-order valence-corrected chi connectivity index (χ0v) is 13.9. The maximum absolute atomic E-state index is 9.27. The summed E-state index contributed by atoms with van der Waals surface area (Å²) in [4.78, 5) is 8.72. The molecule has 3 aromatic carbocycles. The first kappa shape index (κ1) is 16.7. The van der Waals surface area contributed by atoms with Crippen LogP contribution in [0, 0.1) is 0 Å². The van der Waals surface area contributed by atoms with Gasteiger partial charge in [0.05, 0.1) is 16.4 Å². The molecule has 3 aromatic rings. The van der Waals surface area contributed by atoms with Crippen molar-refractivity contribution in [2.75, 3.05) is 0 Å². The van der Waals surface area contributed by atoms with Crippen LogP contribution in [-0.2, 0) is 0 Å². The molecule has 0 aliphatic carbocycles. The molecule has 4 nitrogen and oxygen atoms in total. The van der Waals surface area contributed by atoms with E-state index in [0.29, 0.717) is 16.4 Å². The molecule has 5 heteroatoms. The molecule has 0 atom stereocenters. The van der Waals surface area contributed by atoms with Gasteiger partial charge in [0, 0.05) is 12.4 Å². The summed E-state index contributed by atoms with van der Waals surface area (Å²) in [6, 6.07) is 18.9. The van der Waals surface area contributed by atoms with Crippen LogP contribution in [0.1, 0.15) is 11.1 Å². The summed E-state index contributed by atoms with van der Waals surface area (Å²) in [6.07, 6.45) is 3.38. The smallest absolute Gasteiger partial charge is 0.115 e. The van der Waals surface area contributed by atoms with E-state index in [0.717, 1.165) is 11.1 Å². The third-order valence-electron chi connectivity index (χ3n) is 3.43. The molecule has 25 heavy (non-hydrogen) atoms. The number of phenols is 2. The van der Waals surface area contributed by atoms with Gasteiger partial charge in [-0.2, -0.15) is 0 Å². The lowest BCUT2D eigenvalue weighted by molar-refractivity contribution is 0.475. The van der Waals surface area contributed by atoms with Gasteiger partial charge >= 0.3 is 0 Å². The highest BCUT2D eigenvalue weighted by Gasteiger charge is 2.00. The fraction of sp³-hybridized carbons (Fsp3) is 0. The van der Waals surface area contributed by atoms with E-state index in [1.165, 1.54) is 0 Å². The van der Waals surface area contributed by atoms with Gasteiger partial charge < -0.3 is 10.2 Å². The van der Waals surface area contributed by atoms with E-state index < -0.39 is 0 Å². The molecule has 0 aliphatic heterocycles. The Balaban J connectivity index is 1.74. The number of hydrogen-bond donors (Lipinski definition) is 2. The van der Waals surface area contributed by atoms with Crippen molar-refractivity contribution >= 4 is 35.4 Å². The van der Waals surface area contributed by atoms with Crippen molar-refractivity contribution in [3.63, 3.8) is 0 Å². The standard InChI is InChI=1S/C20H15ClN2O2/c21-19-11-16(22-12-14-1-6-17(24)7-2-14)5-10-20(19)23-13-15-3-8-18(25)9-4-15/h1-13,24-25H. The van der Waals surface area contributed by atoms with Crippen molar-refractivity contribution in [1.82, 2.24) is 0 Å². The predicted octanol–water partition coefficient (Wildman–Crippen LogP) is 5.25. The molecular formula is C20H15ClN2O2. The van der Waals surface area contributed by atoms with Crippen molar-refractivity contribution < 1.29 is 10.2 Å². The highest BCUT2D eigenvalue weighted by atomic mass is 35.5.